The number of pyridine rings is 1. The summed E-state index contributed by atoms with van der Waals surface area (Å²) in [5.74, 6) is 0. The number of hydrogen-bond acceptors (Lipinski definition) is 2. The lowest BCUT2D eigenvalue weighted by Crippen LogP contribution is -1.78. The number of nitrogens with zero attached hydrogens (tertiary/aromatic N) is 1. The molecule has 1 nitrogen and oxygen atoms in total. The van der Waals surface area contributed by atoms with Crippen LogP contribution in [0.2, 0.25) is 0 Å². The van der Waals surface area contributed by atoms with Gasteiger partial charge in [0.15, 0.2) is 0 Å². The molecular weight excluding hydrogens is 202 g/mol. The maximum atomic E-state index is 4.11. The first-order chi connectivity index (χ1) is 7.43. The normalized spacial score (nSPS) is 10.7. The van der Waals surface area contributed by atoms with Crippen molar-refractivity contribution in [2.75, 3.05) is 0 Å². The van der Waals surface area contributed by atoms with Gasteiger partial charge in [0, 0.05) is 28.0 Å². The third-order valence-electron chi connectivity index (χ3n) is 2.34. The first-order valence-electron chi connectivity index (χ1n) is 4.73. The van der Waals surface area contributed by atoms with E-state index in [0.29, 0.717) is 0 Å². The highest BCUT2D eigenvalue weighted by Crippen LogP contribution is 2.26. The molecule has 0 bridgehead atoms. The summed E-state index contributed by atoms with van der Waals surface area (Å²) in [7, 11) is 0. The lowest BCUT2D eigenvalue weighted by Gasteiger charge is -1.99. The van der Waals surface area contributed by atoms with Gasteiger partial charge in [0.05, 0.1) is 0 Å². The van der Waals surface area contributed by atoms with Crippen LogP contribution < -0.4 is 0 Å². The molecule has 0 spiro atoms. The highest BCUT2D eigenvalue weighted by molar-refractivity contribution is 7.17. The van der Waals surface area contributed by atoms with E-state index in [0.717, 1.165) is 11.1 Å². The number of thiophene rings is 1. The molecule has 0 amide bonds. The standard InChI is InChI=1S/C13H8NS/c1-2-12(9-14-6-1)10-3-4-13-11(8-10)5-7-15-13/h1-7,9H. The molecule has 71 valence electrons. The zero-order valence-corrected chi connectivity index (χ0v) is 8.79. The molecule has 1 radical (unpaired) electrons. The van der Waals surface area contributed by atoms with Crippen molar-refractivity contribution in [3.05, 3.63) is 54.2 Å². The van der Waals surface area contributed by atoms with Gasteiger partial charge in [-0.3, -0.25) is 4.98 Å². The third kappa shape index (κ3) is 1.53. The van der Waals surface area contributed by atoms with Crippen LogP contribution >= 0.6 is 11.3 Å². The van der Waals surface area contributed by atoms with Crippen LogP contribution in [0.4, 0.5) is 0 Å². The highest BCUT2D eigenvalue weighted by Gasteiger charge is 2.00. The van der Waals surface area contributed by atoms with Crippen LogP contribution in [0.1, 0.15) is 0 Å². The van der Waals surface area contributed by atoms with Crippen LogP contribution in [0.25, 0.3) is 21.2 Å². The average Bonchev–Trinajstić information content (AvgIpc) is 2.77. The molecule has 0 unspecified atom stereocenters. The highest BCUT2D eigenvalue weighted by atomic mass is 32.1. The van der Waals surface area contributed by atoms with E-state index in [1.165, 1.54) is 10.1 Å². The Kier molecular flexibility index (Phi) is 2.00. The Morgan fingerprint density at radius 3 is 3.00 bits per heavy atom. The predicted molar refractivity (Wildman–Crippen MR) is 63.9 cm³/mol. The van der Waals surface area contributed by atoms with Crippen molar-refractivity contribution in [2.24, 2.45) is 0 Å². The Morgan fingerprint density at radius 1 is 1.13 bits per heavy atom. The number of rotatable bonds is 1. The fourth-order valence-corrected chi connectivity index (χ4v) is 2.33. The SMILES string of the molecule is [c]1c(-c2cccnc2)ccc2sccc12. The van der Waals surface area contributed by atoms with Crippen molar-refractivity contribution in [1.29, 1.82) is 0 Å². The molecule has 0 fully saturated rings. The molecular formula is C13H8NS. The van der Waals surface area contributed by atoms with Crippen molar-refractivity contribution in [3.63, 3.8) is 0 Å². The molecule has 0 saturated carbocycles. The fraction of sp³-hybridized carbons (Fsp3) is 0. The molecule has 2 heteroatoms. The zero-order valence-electron chi connectivity index (χ0n) is 7.97. The topological polar surface area (TPSA) is 12.9 Å². The van der Waals surface area contributed by atoms with Crippen LogP contribution in [0.3, 0.4) is 0 Å². The third-order valence-corrected chi connectivity index (χ3v) is 3.22. The number of hydrogen-bond donors (Lipinski definition) is 0. The minimum atomic E-state index is 1.11. The van der Waals surface area contributed by atoms with Crippen LogP contribution in [0, 0.1) is 6.07 Å². The summed E-state index contributed by atoms with van der Waals surface area (Å²) in [4.78, 5) is 4.11. The maximum absolute atomic E-state index is 4.11. The van der Waals surface area contributed by atoms with Crippen molar-refractivity contribution in [3.8, 4) is 11.1 Å². The number of benzene rings is 1. The first kappa shape index (κ1) is 8.62. The van der Waals surface area contributed by atoms with Gasteiger partial charge in [-0.25, -0.2) is 0 Å². The molecule has 0 aliphatic heterocycles. The van der Waals surface area contributed by atoms with Gasteiger partial charge in [-0.15, -0.1) is 11.3 Å². The average molecular weight is 210 g/mol. The molecule has 1 aromatic carbocycles. The van der Waals surface area contributed by atoms with E-state index in [2.05, 4.69) is 40.7 Å². The summed E-state index contributed by atoms with van der Waals surface area (Å²) in [6, 6.07) is 13.7. The van der Waals surface area contributed by atoms with Gasteiger partial charge in [0.1, 0.15) is 0 Å². The summed E-state index contributed by atoms with van der Waals surface area (Å²) < 4.78 is 1.28. The number of fused-ring (bicyclic) bond motifs is 1. The summed E-state index contributed by atoms with van der Waals surface area (Å²) in [6.07, 6.45) is 3.65. The van der Waals surface area contributed by atoms with Crippen molar-refractivity contribution >= 4 is 21.4 Å². The Balaban J connectivity index is 2.19. The monoisotopic (exact) mass is 210 g/mol. The van der Waals surface area contributed by atoms with Crippen molar-refractivity contribution in [2.45, 2.75) is 0 Å². The van der Waals surface area contributed by atoms with E-state index in [9.17, 15) is 0 Å². The summed E-state index contributed by atoms with van der Waals surface area (Å²) in [6.45, 7) is 0. The molecule has 15 heavy (non-hydrogen) atoms. The van der Waals surface area contributed by atoms with Gasteiger partial charge in [0.25, 0.3) is 0 Å². The minimum absolute atomic E-state index is 1.11. The van der Waals surface area contributed by atoms with Gasteiger partial charge in [-0.1, -0.05) is 12.1 Å². The van der Waals surface area contributed by atoms with E-state index in [4.69, 9.17) is 0 Å². The Bertz CT molecular complexity index is 584. The summed E-state index contributed by atoms with van der Waals surface area (Å²) in [5.41, 5.74) is 2.22. The van der Waals surface area contributed by atoms with E-state index in [1.54, 1.807) is 17.5 Å². The van der Waals surface area contributed by atoms with E-state index >= 15 is 0 Å². The lowest BCUT2D eigenvalue weighted by molar-refractivity contribution is 1.33. The van der Waals surface area contributed by atoms with Crippen LogP contribution in [0.15, 0.2) is 48.1 Å². The zero-order chi connectivity index (χ0) is 10.1. The maximum Gasteiger partial charge on any atom is 0.0349 e. The molecule has 0 aliphatic carbocycles. The Labute approximate surface area is 92.0 Å². The quantitative estimate of drug-likeness (QED) is 0.596. The van der Waals surface area contributed by atoms with Gasteiger partial charge in [-0.2, -0.15) is 0 Å². The van der Waals surface area contributed by atoms with Gasteiger partial charge < -0.3 is 0 Å². The fourth-order valence-electron chi connectivity index (χ4n) is 1.59. The summed E-state index contributed by atoms with van der Waals surface area (Å²) in [5, 5.41) is 3.27. The Hall–Kier alpha value is -1.67. The molecule has 0 aliphatic rings. The minimum Gasteiger partial charge on any atom is -0.264 e. The van der Waals surface area contributed by atoms with Crippen molar-refractivity contribution < 1.29 is 0 Å². The second kappa shape index (κ2) is 3.48. The van der Waals surface area contributed by atoms with Crippen LogP contribution in [-0.2, 0) is 0 Å². The molecule has 0 N–H and O–H groups in total. The molecule has 0 atom stereocenters. The predicted octanol–water partition coefficient (Wildman–Crippen LogP) is 3.76. The molecule has 0 saturated heterocycles. The van der Waals surface area contributed by atoms with Crippen LogP contribution in [-0.4, -0.2) is 4.98 Å². The lowest BCUT2D eigenvalue weighted by atomic mass is 10.1. The van der Waals surface area contributed by atoms with E-state index in [1.807, 2.05) is 12.3 Å². The second-order valence-electron chi connectivity index (χ2n) is 3.31. The molecule has 2 aromatic heterocycles. The largest absolute Gasteiger partial charge is 0.264 e. The van der Waals surface area contributed by atoms with Crippen LogP contribution in [0.5, 0.6) is 0 Å². The van der Waals surface area contributed by atoms with Gasteiger partial charge >= 0.3 is 0 Å². The first-order valence-corrected chi connectivity index (χ1v) is 5.61. The molecule has 3 rings (SSSR count). The number of aromatic nitrogens is 1. The second-order valence-corrected chi connectivity index (χ2v) is 4.26. The molecule has 3 aromatic rings. The summed E-state index contributed by atoms with van der Waals surface area (Å²) >= 11 is 1.74. The van der Waals surface area contributed by atoms with E-state index < -0.39 is 0 Å². The van der Waals surface area contributed by atoms with E-state index in [-0.39, 0.29) is 0 Å². The smallest absolute Gasteiger partial charge is 0.0349 e. The van der Waals surface area contributed by atoms with Gasteiger partial charge in [-0.05, 0) is 35.2 Å². The molecule has 2 heterocycles. The van der Waals surface area contributed by atoms with Gasteiger partial charge in [0.2, 0.25) is 0 Å². The van der Waals surface area contributed by atoms with Crippen molar-refractivity contribution in [1.82, 2.24) is 4.98 Å². The Morgan fingerprint density at radius 2 is 2.13 bits per heavy atom.